The van der Waals surface area contributed by atoms with E-state index in [1.807, 2.05) is 13.0 Å². The lowest BCUT2D eigenvalue weighted by Crippen LogP contribution is -2.11. The topological polar surface area (TPSA) is 79.5 Å². The molecule has 0 atom stereocenters. The van der Waals surface area contributed by atoms with Gasteiger partial charge in [0.2, 0.25) is 0 Å². The van der Waals surface area contributed by atoms with E-state index in [1.54, 1.807) is 18.2 Å². The minimum absolute atomic E-state index is 0.277. The van der Waals surface area contributed by atoms with Crippen LogP contribution in [0.25, 0.3) is 6.08 Å². The highest BCUT2D eigenvalue weighted by Gasteiger charge is 2.09. The second-order valence-electron chi connectivity index (χ2n) is 4.21. The van der Waals surface area contributed by atoms with Gasteiger partial charge in [-0.25, -0.2) is 4.79 Å². The quantitative estimate of drug-likeness (QED) is 0.838. The molecule has 0 fully saturated rings. The fourth-order valence-electron chi connectivity index (χ4n) is 1.63. The van der Waals surface area contributed by atoms with Crippen LogP contribution in [0.3, 0.4) is 0 Å². The highest BCUT2D eigenvalue weighted by Crippen LogP contribution is 2.19. The first-order valence-corrected chi connectivity index (χ1v) is 5.91. The van der Waals surface area contributed by atoms with Gasteiger partial charge >= 0.3 is 5.97 Å². The van der Waals surface area contributed by atoms with Crippen LogP contribution in [0.15, 0.2) is 47.3 Å². The molecule has 102 valence electrons. The molecule has 0 aliphatic carbocycles. The Morgan fingerprint density at radius 2 is 2.10 bits per heavy atom. The van der Waals surface area contributed by atoms with Gasteiger partial charge < -0.3 is 14.8 Å². The SMILES string of the molecule is Cc1ccc(C=CC(=O)O)cc1NC(=O)c1ccoc1. The molecule has 0 bridgehead atoms. The Bertz CT molecular complexity index is 657. The molecule has 0 radical (unpaired) electrons. The van der Waals surface area contributed by atoms with Gasteiger partial charge in [-0.05, 0) is 36.3 Å². The summed E-state index contributed by atoms with van der Waals surface area (Å²) in [6.45, 7) is 1.86. The van der Waals surface area contributed by atoms with Gasteiger partial charge in [-0.1, -0.05) is 12.1 Å². The molecule has 0 aliphatic rings. The van der Waals surface area contributed by atoms with Crippen LogP contribution >= 0.6 is 0 Å². The third kappa shape index (κ3) is 3.35. The molecule has 1 amide bonds. The predicted molar refractivity (Wildman–Crippen MR) is 74.5 cm³/mol. The molecular weight excluding hydrogens is 258 g/mol. The fourth-order valence-corrected chi connectivity index (χ4v) is 1.63. The number of nitrogens with one attached hydrogen (secondary N) is 1. The van der Waals surface area contributed by atoms with Crippen molar-refractivity contribution in [3.05, 3.63) is 59.6 Å². The van der Waals surface area contributed by atoms with Gasteiger partial charge in [0.1, 0.15) is 6.26 Å². The van der Waals surface area contributed by atoms with E-state index in [1.165, 1.54) is 18.6 Å². The number of carboxylic acids is 1. The molecule has 5 nitrogen and oxygen atoms in total. The maximum atomic E-state index is 11.9. The number of carbonyl (C=O) groups excluding carboxylic acids is 1. The van der Waals surface area contributed by atoms with Crippen LogP contribution in [0, 0.1) is 6.92 Å². The van der Waals surface area contributed by atoms with Crippen molar-refractivity contribution in [1.29, 1.82) is 0 Å². The standard InChI is InChI=1S/C15H13NO4/c1-10-2-3-11(4-5-14(17)18)8-13(10)16-15(19)12-6-7-20-9-12/h2-9H,1H3,(H,16,19)(H,17,18). The monoisotopic (exact) mass is 271 g/mol. The van der Waals surface area contributed by atoms with Crippen LogP contribution in [0.2, 0.25) is 0 Å². The van der Waals surface area contributed by atoms with Gasteiger partial charge in [0.25, 0.3) is 5.91 Å². The van der Waals surface area contributed by atoms with Gasteiger partial charge in [-0.15, -0.1) is 0 Å². The van der Waals surface area contributed by atoms with E-state index < -0.39 is 5.97 Å². The van der Waals surface area contributed by atoms with Crippen molar-refractivity contribution in [2.45, 2.75) is 6.92 Å². The van der Waals surface area contributed by atoms with E-state index in [2.05, 4.69) is 5.32 Å². The number of carbonyl (C=O) groups is 2. The number of furan rings is 1. The summed E-state index contributed by atoms with van der Waals surface area (Å²) in [7, 11) is 0. The van der Waals surface area contributed by atoms with Crippen LogP contribution in [0.1, 0.15) is 21.5 Å². The molecular formula is C15H13NO4. The van der Waals surface area contributed by atoms with E-state index >= 15 is 0 Å². The number of amides is 1. The third-order valence-electron chi connectivity index (χ3n) is 2.71. The normalized spacial score (nSPS) is 10.7. The summed E-state index contributed by atoms with van der Waals surface area (Å²) in [6, 6.07) is 6.88. The van der Waals surface area contributed by atoms with Crippen LogP contribution < -0.4 is 5.32 Å². The summed E-state index contributed by atoms with van der Waals surface area (Å²) >= 11 is 0. The summed E-state index contributed by atoms with van der Waals surface area (Å²) in [6.07, 6.45) is 5.30. The molecule has 2 rings (SSSR count). The average Bonchev–Trinajstić information content (AvgIpc) is 2.93. The predicted octanol–water partition coefficient (Wildman–Crippen LogP) is 2.94. The van der Waals surface area contributed by atoms with Crippen LogP contribution in [-0.4, -0.2) is 17.0 Å². The van der Waals surface area contributed by atoms with Gasteiger partial charge in [-0.3, -0.25) is 4.79 Å². The number of rotatable bonds is 4. The Morgan fingerprint density at radius 1 is 1.30 bits per heavy atom. The van der Waals surface area contributed by atoms with E-state index in [0.29, 0.717) is 16.8 Å². The zero-order valence-electron chi connectivity index (χ0n) is 10.8. The van der Waals surface area contributed by atoms with Crippen molar-refractivity contribution < 1.29 is 19.1 Å². The smallest absolute Gasteiger partial charge is 0.328 e. The first-order chi connectivity index (χ1) is 9.56. The van der Waals surface area contributed by atoms with Crippen molar-refractivity contribution >= 4 is 23.6 Å². The molecule has 2 aromatic rings. The zero-order chi connectivity index (χ0) is 14.5. The number of hydrogen-bond donors (Lipinski definition) is 2. The van der Waals surface area contributed by atoms with Gasteiger partial charge in [-0.2, -0.15) is 0 Å². The molecule has 0 saturated heterocycles. The van der Waals surface area contributed by atoms with Crippen molar-refractivity contribution in [3.63, 3.8) is 0 Å². The number of hydrogen-bond acceptors (Lipinski definition) is 3. The Balaban J connectivity index is 2.20. The molecule has 5 heteroatoms. The minimum atomic E-state index is -1.02. The number of aryl methyl sites for hydroxylation is 1. The van der Waals surface area contributed by atoms with Crippen molar-refractivity contribution in [1.82, 2.24) is 0 Å². The summed E-state index contributed by atoms with van der Waals surface area (Å²) in [5.41, 5.74) is 2.63. The summed E-state index contributed by atoms with van der Waals surface area (Å²) in [4.78, 5) is 22.4. The van der Waals surface area contributed by atoms with Gasteiger partial charge in [0.15, 0.2) is 0 Å². The number of benzene rings is 1. The van der Waals surface area contributed by atoms with Crippen molar-refractivity contribution in [2.24, 2.45) is 0 Å². The van der Waals surface area contributed by atoms with Gasteiger partial charge in [0, 0.05) is 11.8 Å². The van der Waals surface area contributed by atoms with E-state index in [0.717, 1.165) is 11.6 Å². The molecule has 1 heterocycles. The first-order valence-electron chi connectivity index (χ1n) is 5.91. The number of anilines is 1. The number of carboxylic acid groups (broad SMARTS) is 1. The summed E-state index contributed by atoms with van der Waals surface area (Å²) < 4.78 is 4.85. The lowest BCUT2D eigenvalue weighted by molar-refractivity contribution is -0.131. The second kappa shape index (κ2) is 5.88. The molecule has 0 saturated carbocycles. The highest BCUT2D eigenvalue weighted by molar-refractivity contribution is 6.04. The molecule has 0 unspecified atom stereocenters. The van der Waals surface area contributed by atoms with E-state index in [4.69, 9.17) is 9.52 Å². The van der Waals surface area contributed by atoms with Crippen molar-refractivity contribution in [3.8, 4) is 0 Å². The van der Waals surface area contributed by atoms with Crippen molar-refractivity contribution in [2.75, 3.05) is 5.32 Å². The van der Waals surface area contributed by atoms with Crippen LogP contribution in [0.4, 0.5) is 5.69 Å². The lowest BCUT2D eigenvalue weighted by atomic mass is 10.1. The van der Waals surface area contributed by atoms with Crippen LogP contribution in [0.5, 0.6) is 0 Å². The minimum Gasteiger partial charge on any atom is -0.478 e. The van der Waals surface area contributed by atoms with E-state index in [-0.39, 0.29) is 5.91 Å². The lowest BCUT2D eigenvalue weighted by Gasteiger charge is -2.08. The molecule has 0 aliphatic heterocycles. The van der Waals surface area contributed by atoms with Gasteiger partial charge in [0.05, 0.1) is 11.8 Å². The molecule has 1 aromatic carbocycles. The average molecular weight is 271 g/mol. The maximum absolute atomic E-state index is 11.9. The summed E-state index contributed by atoms with van der Waals surface area (Å²) in [5.74, 6) is -1.30. The summed E-state index contributed by atoms with van der Waals surface area (Å²) in [5, 5.41) is 11.4. The Labute approximate surface area is 115 Å². The van der Waals surface area contributed by atoms with E-state index in [9.17, 15) is 9.59 Å². The Kier molecular flexibility index (Phi) is 4.00. The highest BCUT2D eigenvalue weighted by atomic mass is 16.4. The number of aliphatic carboxylic acids is 1. The molecule has 20 heavy (non-hydrogen) atoms. The fraction of sp³-hybridized carbons (Fsp3) is 0.0667. The molecule has 0 spiro atoms. The molecule has 2 N–H and O–H groups in total. The third-order valence-corrected chi connectivity index (χ3v) is 2.71. The van der Waals surface area contributed by atoms with Crippen LogP contribution in [-0.2, 0) is 4.79 Å². The maximum Gasteiger partial charge on any atom is 0.328 e. The largest absolute Gasteiger partial charge is 0.478 e. The second-order valence-corrected chi connectivity index (χ2v) is 4.21. The Hall–Kier alpha value is -2.82. The first kappa shape index (κ1) is 13.6. The Morgan fingerprint density at radius 3 is 2.75 bits per heavy atom. The zero-order valence-corrected chi connectivity index (χ0v) is 10.8. The molecule has 1 aromatic heterocycles.